The molecule has 7 nitrogen and oxygen atoms in total. The van der Waals surface area contributed by atoms with Crippen molar-refractivity contribution in [2.75, 3.05) is 0 Å². The number of hydrogen-bond acceptors (Lipinski definition) is 3. The van der Waals surface area contributed by atoms with Crippen molar-refractivity contribution in [2.24, 2.45) is 5.92 Å². The number of benzene rings is 1. The van der Waals surface area contributed by atoms with Gasteiger partial charge in [-0.1, -0.05) is 18.2 Å². The van der Waals surface area contributed by atoms with Gasteiger partial charge in [-0.3, -0.25) is 9.36 Å². The molecule has 0 bridgehead atoms. The van der Waals surface area contributed by atoms with Crippen molar-refractivity contribution >= 4 is 16.8 Å². The first-order chi connectivity index (χ1) is 13.7. The van der Waals surface area contributed by atoms with E-state index in [2.05, 4.69) is 15.4 Å². The second-order valence-electron chi connectivity index (χ2n) is 8.10. The van der Waals surface area contributed by atoms with E-state index < -0.39 is 0 Å². The van der Waals surface area contributed by atoms with Gasteiger partial charge in [-0.05, 0) is 43.2 Å². The van der Waals surface area contributed by atoms with E-state index >= 15 is 0 Å². The summed E-state index contributed by atoms with van der Waals surface area (Å²) < 4.78 is 3.44. The Balaban J connectivity index is 1.22. The van der Waals surface area contributed by atoms with Gasteiger partial charge in [0.05, 0.1) is 6.42 Å². The van der Waals surface area contributed by atoms with Gasteiger partial charge in [0.25, 0.3) is 0 Å². The molecule has 2 N–H and O–H groups in total. The minimum absolute atomic E-state index is 0.00710. The fourth-order valence-electron chi connectivity index (χ4n) is 4.17. The Morgan fingerprint density at radius 2 is 2.07 bits per heavy atom. The summed E-state index contributed by atoms with van der Waals surface area (Å²) in [6.45, 7) is 1.38. The smallest absolute Gasteiger partial charge is 0.345 e. The summed E-state index contributed by atoms with van der Waals surface area (Å²) >= 11 is 0. The largest absolute Gasteiger partial charge is 0.361 e. The van der Waals surface area contributed by atoms with Crippen LogP contribution in [0, 0.1) is 5.92 Å². The van der Waals surface area contributed by atoms with Crippen molar-refractivity contribution in [1.29, 1.82) is 0 Å². The molecular formula is C21H25N5O2. The van der Waals surface area contributed by atoms with Crippen LogP contribution >= 0.6 is 0 Å². The first-order valence-corrected chi connectivity index (χ1v) is 10.2. The van der Waals surface area contributed by atoms with Crippen LogP contribution in [-0.2, 0) is 30.7 Å². The molecule has 28 heavy (non-hydrogen) atoms. The number of para-hydroxylation sites is 1. The molecule has 0 radical (unpaired) electrons. The maximum absolute atomic E-state index is 12.6. The van der Waals surface area contributed by atoms with Crippen LogP contribution in [0.25, 0.3) is 10.9 Å². The Kier molecular flexibility index (Phi) is 4.30. The average Bonchev–Trinajstić information content (AvgIpc) is 3.39. The van der Waals surface area contributed by atoms with Gasteiger partial charge in [0, 0.05) is 42.7 Å². The van der Waals surface area contributed by atoms with Gasteiger partial charge in [0.15, 0.2) is 0 Å². The van der Waals surface area contributed by atoms with Crippen LogP contribution < -0.4 is 11.0 Å². The Labute approximate surface area is 162 Å². The van der Waals surface area contributed by atoms with Crippen molar-refractivity contribution in [1.82, 2.24) is 24.6 Å². The summed E-state index contributed by atoms with van der Waals surface area (Å²) in [4.78, 5) is 28.4. The normalized spacial score (nSPS) is 19.4. The average molecular weight is 379 g/mol. The number of hydrogen-bond donors (Lipinski definition) is 2. The molecule has 1 amide bonds. The minimum atomic E-state index is 0.00710. The number of carbonyl (C=O) groups is 1. The van der Waals surface area contributed by atoms with Gasteiger partial charge in [-0.15, -0.1) is 0 Å². The van der Waals surface area contributed by atoms with E-state index in [9.17, 15) is 9.59 Å². The number of fused-ring (bicyclic) bond motifs is 2. The van der Waals surface area contributed by atoms with Crippen LogP contribution in [0.4, 0.5) is 0 Å². The molecule has 1 aliphatic heterocycles. The number of aryl methyl sites for hydroxylation is 1. The summed E-state index contributed by atoms with van der Waals surface area (Å²) in [5.41, 5.74) is 2.07. The first-order valence-electron chi connectivity index (χ1n) is 10.2. The third-order valence-corrected chi connectivity index (χ3v) is 5.94. The van der Waals surface area contributed by atoms with E-state index in [0.717, 1.165) is 48.1 Å². The molecule has 1 saturated carbocycles. The predicted octanol–water partition coefficient (Wildman–Crippen LogP) is 2.00. The molecule has 146 valence electrons. The lowest BCUT2D eigenvalue weighted by molar-refractivity contribution is -0.121. The van der Waals surface area contributed by atoms with Gasteiger partial charge in [0.2, 0.25) is 5.91 Å². The number of aromatic nitrogens is 4. The highest BCUT2D eigenvalue weighted by atomic mass is 16.2. The van der Waals surface area contributed by atoms with E-state index in [1.54, 1.807) is 9.25 Å². The summed E-state index contributed by atoms with van der Waals surface area (Å²) in [7, 11) is 0. The topological polar surface area (TPSA) is 84.7 Å². The molecule has 1 unspecified atom stereocenters. The van der Waals surface area contributed by atoms with Crippen LogP contribution in [0.3, 0.4) is 0 Å². The number of nitrogens with one attached hydrogen (secondary N) is 2. The molecule has 3 aromatic rings. The Morgan fingerprint density at radius 3 is 2.93 bits per heavy atom. The number of carbonyl (C=O) groups excluding carboxylic acids is 1. The van der Waals surface area contributed by atoms with Crippen LogP contribution in [0.5, 0.6) is 0 Å². The van der Waals surface area contributed by atoms with Gasteiger partial charge in [-0.25, -0.2) is 9.48 Å². The monoisotopic (exact) mass is 379 g/mol. The Morgan fingerprint density at radius 1 is 1.21 bits per heavy atom. The minimum Gasteiger partial charge on any atom is -0.361 e. The van der Waals surface area contributed by atoms with Gasteiger partial charge >= 0.3 is 5.69 Å². The number of aromatic amines is 1. The van der Waals surface area contributed by atoms with Crippen LogP contribution in [0.1, 0.15) is 37.1 Å². The summed E-state index contributed by atoms with van der Waals surface area (Å²) in [5, 5.41) is 8.80. The second-order valence-corrected chi connectivity index (χ2v) is 8.10. The number of amides is 1. The highest BCUT2D eigenvalue weighted by Gasteiger charge is 2.26. The van der Waals surface area contributed by atoms with Gasteiger partial charge < -0.3 is 10.3 Å². The lowest BCUT2D eigenvalue weighted by Gasteiger charge is -2.16. The zero-order chi connectivity index (χ0) is 19.1. The van der Waals surface area contributed by atoms with Crippen LogP contribution in [0.2, 0.25) is 0 Å². The number of nitrogens with zero attached hydrogens (tertiary/aromatic N) is 3. The molecule has 7 heteroatoms. The molecular weight excluding hydrogens is 354 g/mol. The quantitative estimate of drug-likeness (QED) is 0.711. The lowest BCUT2D eigenvalue weighted by atomic mass is 10.1. The highest BCUT2D eigenvalue weighted by molar-refractivity contribution is 5.88. The molecule has 1 aromatic carbocycles. The van der Waals surface area contributed by atoms with Crippen molar-refractivity contribution < 1.29 is 4.79 Å². The summed E-state index contributed by atoms with van der Waals surface area (Å²) in [6.07, 6.45) is 7.00. The highest BCUT2D eigenvalue weighted by Crippen LogP contribution is 2.30. The molecule has 2 aliphatic rings. The maximum atomic E-state index is 12.6. The van der Waals surface area contributed by atoms with E-state index in [1.807, 2.05) is 30.5 Å². The fourth-order valence-corrected chi connectivity index (χ4v) is 4.17. The second kappa shape index (κ2) is 6.96. The molecule has 0 spiro atoms. The van der Waals surface area contributed by atoms with Crippen molar-refractivity contribution in [3.8, 4) is 0 Å². The molecule has 1 atom stereocenters. The summed E-state index contributed by atoms with van der Waals surface area (Å²) in [5.74, 6) is 1.52. The number of H-pyrrole nitrogens is 1. The first kappa shape index (κ1) is 17.3. The summed E-state index contributed by atoms with van der Waals surface area (Å²) in [6, 6.07) is 8.09. The maximum Gasteiger partial charge on any atom is 0.345 e. The SMILES string of the molecule is O=C(Cc1c[nH]c2ccccc12)NC1CCc2nn(CC3CC3)c(=O)n2CC1. The third kappa shape index (κ3) is 3.37. The number of rotatable bonds is 5. The predicted molar refractivity (Wildman–Crippen MR) is 106 cm³/mol. The molecule has 0 saturated heterocycles. The van der Waals surface area contributed by atoms with Crippen LogP contribution in [0.15, 0.2) is 35.3 Å². The molecule has 2 aromatic heterocycles. The molecule has 3 heterocycles. The van der Waals surface area contributed by atoms with E-state index in [0.29, 0.717) is 18.9 Å². The molecule has 5 rings (SSSR count). The Bertz CT molecular complexity index is 1070. The van der Waals surface area contributed by atoms with Gasteiger partial charge in [0.1, 0.15) is 5.82 Å². The van der Waals surface area contributed by atoms with Gasteiger partial charge in [-0.2, -0.15) is 5.10 Å². The van der Waals surface area contributed by atoms with E-state index in [4.69, 9.17) is 0 Å². The zero-order valence-electron chi connectivity index (χ0n) is 15.9. The molecule has 1 aliphatic carbocycles. The standard InChI is InChI=1S/C21H25N5O2/c27-20(11-15-12-22-18-4-2-1-3-17(15)18)23-16-7-8-19-24-26(13-14-5-6-14)21(28)25(19)10-9-16/h1-4,12,14,16,22H,5-11,13H2,(H,23,27). The van der Waals surface area contributed by atoms with E-state index in [1.165, 1.54) is 12.8 Å². The van der Waals surface area contributed by atoms with Crippen molar-refractivity contribution in [3.05, 3.63) is 52.3 Å². The lowest BCUT2D eigenvalue weighted by Crippen LogP contribution is -2.36. The molecule has 1 fully saturated rings. The third-order valence-electron chi connectivity index (χ3n) is 5.94. The van der Waals surface area contributed by atoms with E-state index in [-0.39, 0.29) is 17.6 Å². The fraction of sp³-hybridized carbons (Fsp3) is 0.476. The zero-order valence-corrected chi connectivity index (χ0v) is 15.9. The van der Waals surface area contributed by atoms with Crippen molar-refractivity contribution in [2.45, 2.75) is 57.7 Å². The van der Waals surface area contributed by atoms with Crippen molar-refractivity contribution in [3.63, 3.8) is 0 Å². The Hall–Kier alpha value is -2.83. The van der Waals surface area contributed by atoms with Crippen LogP contribution in [-0.4, -0.2) is 31.3 Å².